The fourth-order valence-electron chi connectivity index (χ4n) is 13.9. The molecule has 4 aliphatic heterocycles. The number of carbonyl (C=O) groups excluding carboxylic acids is 5. The van der Waals surface area contributed by atoms with Crippen LogP contribution in [0, 0.1) is 52.3 Å². The van der Waals surface area contributed by atoms with Gasteiger partial charge in [-0.25, -0.2) is 31.2 Å². The molecule has 0 aliphatic carbocycles. The average Bonchev–Trinajstić information content (AvgIpc) is 1.52. The lowest BCUT2D eigenvalue weighted by Crippen LogP contribution is -2.49. The molecule has 0 N–H and O–H groups in total. The van der Waals surface area contributed by atoms with Gasteiger partial charge in [-0.15, -0.1) is 0 Å². The molecule has 102 heavy (non-hydrogen) atoms. The number of rotatable bonds is 31. The molecule has 4 fully saturated rings. The summed E-state index contributed by atoms with van der Waals surface area (Å²) in [6.45, 7) is 32.4. The van der Waals surface area contributed by atoms with Crippen molar-refractivity contribution in [2.45, 2.75) is 212 Å². The zero-order valence-electron chi connectivity index (χ0n) is 62.2. The van der Waals surface area contributed by atoms with E-state index in [1.807, 2.05) is 66.7 Å². The first-order valence-electron chi connectivity index (χ1n) is 36.1. The van der Waals surface area contributed by atoms with Gasteiger partial charge in [0, 0.05) is 38.2 Å². The highest BCUT2D eigenvalue weighted by Gasteiger charge is 2.51. The highest BCUT2D eigenvalue weighted by molar-refractivity contribution is 7.91. The van der Waals surface area contributed by atoms with Crippen LogP contribution in [0.1, 0.15) is 168 Å². The zero-order chi connectivity index (χ0) is 74.7. The van der Waals surface area contributed by atoms with Crippen LogP contribution in [0.5, 0.6) is 0 Å². The summed E-state index contributed by atoms with van der Waals surface area (Å²) in [7, 11) is -5.85. The van der Waals surface area contributed by atoms with Crippen LogP contribution < -0.4 is 0 Å². The van der Waals surface area contributed by atoms with E-state index in [2.05, 4.69) is 27.0 Å². The van der Waals surface area contributed by atoms with E-state index in [-0.39, 0.29) is 139 Å². The molecule has 0 spiro atoms. The number of hydrogen-bond donors (Lipinski definition) is 0. The quantitative estimate of drug-likeness (QED) is 0.0197. The van der Waals surface area contributed by atoms with Gasteiger partial charge in [0.25, 0.3) is 0 Å². The SMILES string of the molecule is C=C1[C@@H](CC2O[C@H](C[C@H](C)COC(=O)c3ccccc3)[C@H](C)[C@H]2CS(=O)(=O)c2ccccc2)O[C@@H](CCCOC(=O)C(C)(C)C)C[C@@]1(C)OC(=O)COC.C=C1[C@H](C)C[C@H](CCCOC(=O)C(C)(C)C)O[C@@H]1CC1O[C@H](C[C@H](C)COC(=O)c2ccccc2)[C@H](C)[C@H]1CS(=O)(=O)c1ccccc1. The molecule has 21 heteroatoms. The number of hydrogen-bond acceptors (Lipinski definition) is 19. The Morgan fingerprint density at radius 3 is 1.35 bits per heavy atom. The molecule has 0 radical (unpaired) electrons. The van der Waals surface area contributed by atoms with Crippen molar-refractivity contribution in [2.24, 2.45) is 52.3 Å². The van der Waals surface area contributed by atoms with E-state index in [0.717, 1.165) is 18.4 Å². The summed E-state index contributed by atoms with van der Waals surface area (Å²) in [4.78, 5) is 63.0. The van der Waals surface area contributed by atoms with Crippen molar-refractivity contribution >= 4 is 49.5 Å². The Morgan fingerprint density at radius 1 is 0.549 bits per heavy atom. The van der Waals surface area contributed by atoms with Crippen LogP contribution in [0.2, 0.25) is 0 Å². The third-order valence-electron chi connectivity index (χ3n) is 20.1. The molecule has 4 aliphatic rings. The Bertz CT molecular complexity index is 3610. The average molecular weight is 1450 g/mol. The van der Waals surface area contributed by atoms with Gasteiger partial charge in [0.1, 0.15) is 12.2 Å². The normalized spacial score (nSPS) is 26.7. The molecule has 4 aromatic carbocycles. The van der Waals surface area contributed by atoms with E-state index in [1.165, 1.54) is 7.11 Å². The molecule has 562 valence electrons. The van der Waals surface area contributed by atoms with E-state index in [0.29, 0.717) is 73.1 Å². The van der Waals surface area contributed by atoms with Gasteiger partial charge in [0.2, 0.25) is 0 Å². The summed E-state index contributed by atoms with van der Waals surface area (Å²) in [5.74, 6) is -2.72. The molecule has 2 unspecified atom stereocenters. The summed E-state index contributed by atoms with van der Waals surface area (Å²) in [6.07, 6.45) is 2.85. The Balaban J connectivity index is 0.000000288. The molecule has 4 aromatic rings. The summed E-state index contributed by atoms with van der Waals surface area (Å²) < 4.78 is 115. The number of ether oxygens (including phenoxy) is 10. The molecule has 0 aromatic heterocycles. The standard InChI is InChI=1S/C42H58O11S.C39H54O8S/c1-28(25-50-39(44)31-16-11-9-12-17-31)22-35-29(2)34(27-54(46,47)33-19-13-10-14-20-33)37(52-35)23-36-30(3)42(7,53-38(43)26-48-8)24-32(51-36)18-15-21-49-40(45)41(4,5)6;1-26(24-45-37(40)30-15-10-8-11-16-30)21-34-29(4)33(25-48(42,43)32-18-12-9-13-19-32)36(47-34)23-35-28(3)27(2)22-31(46-35)17-14-20-44-38(41)39(5,6)7/h9-14,16-17,19-20,28-29,32,34-37H,3,15,18,21-27H2,1-2,4-8H3;8-13,15-16,18-19,26-27,29,31,33-36H,3,14,17,20-25H2,1-2,4-7H3/t28-,29+,32-,34+,35+,36+,37?,42+;26-,27+,29+,31-,33+,34+,35+,36?/m00/s1. The highest BCUT2D eigenvalue weighted by atomic mass is 32.2. The van der Waals surface area contributed by atoms with Crippen molar-refractivity contribution in [1.82, 2.24) is 0 Å². The Hall–Kier alpha value is -6.59. The molecule has 0 bridgehead atoms. The van der Waals surface area contributed by atoms with E-state index in [4.69, 9.17) is 47.4 Å². The minimum atomic E-state index is -3.69. The number of esters is 5. The minimum absolute atomic E-state index is 0.00734. The molecule has 0 amide bonds. The van der Waals surface area contributed by atoms with E-state index in [9.17, 15) is 40.8 Å². The summed E-state index contributed by atoms with van der Waals surface area (Å²) in [5.41, 5.74) is 0.264. The lowest BCUT2D eigenvalue weighted by Gasteiger charge is -2.44. The first-order valence-corrected chi connectivity index (χ1v) is 39.4. The van der Waals surface area contributed by atoms with Gasteiger partial charge in [0.15, 0.2) is 19.7 Å². The van der Waals surface area contributed by atoms with Crippen LogP contribution >= 0.6 is 0 Å². The monoisotopic (exact) mass is 1450 g/mol. The lowest BCUT2D eigenvalue weighted by atomic mass is 9.79. The Labute approximate surface area is 606 Å². The molecular weight excluding hydrogens is 1340 g/mol. The number of sulfone groups is 2. The van der Waals surface area contributed by atoms with Gasteiger partial charge in [0.05, 0.1) is 119 Å². The topological polar surface area (TPSA) is 246 Å². The maximum absolute atomic E-state index is 13.8. The number of benzene rings is 4. The van der Waals surface area contributed by atoms with Crippen LogP contribution in [-0.2, 0) is 81.4 Å². The number of methoxy groups -OCH3 is 1. The molecule has 16 atom stereocenters. The largest absolute Gasteiger partial charge is 0.465 e. The van der Waals surface area contributed by atoms with Crippen molar-refractivity contribution in [1.29, 1.82) is 0 Å². The van der Waals surface area contributed by atoms with Gasteiger partial charge in [-0.05, 0) is 183 Å². The minimum Gasteiger partial charge on any atom is -0.465 e. The number of carbonyl (C=O) groups is 5. The van der Waals surface area contributed by atoms with E-state index < -0.39 is 66.2 Å². The molecule has 19 nitrogen and oxygen atoms in total. The molecule has 8 rings (SSSR count). The second-order valence-corrected chi connectivity index (χ2v) is 34.9. The van der Waals surface area contributed by atoms with Gasteiger partial charge >= 0.3 is 29.8 Å². The summed E-state index contributed by atoms with van der Waals surface area (Å²) in [6, 6.07) is 34.7. The summed E-state index contributed by atoms with van der Waals surface area (Å²) >= 11 is 0. The van der Waals surface area contributed by atoms with Crippen molar-refractivity contribution in [3.8, 4) is 0 Å². The van der Waals surface area contributed by atoms with Crippen LogP contribution in [0.15, 0.2) is 155 Å². The predicted molar refractivity (Wildman–Crippen MR) is 390 cm³/mol. The van der Waals surface area contributed by atoms with Crippen molar-refractivity contribution in [3.05, 3.63) is 157 Å². The molecular formula is C81H112O19S2. The lowest BCUT2D eigenvalue weighted by molar-refractivity contribution is -0.173. The Kier molecular flexibility index (Phi) is 30.3. The van der Waals surface area contributed by atoms with E-state index in [1.54, 1.807) is 124 Å². The predicted octanol–water partition coefficient (Wildman–Crippen LogP) is 14.3. The van der Waals surface area contributed by atoms with Gasteiger partial charge in [-0.3, -0.25) is 9.59 Å². The maximum Gasteiger partial charge on any atom is 0.338 e. The highest BCUT2D eigenvalue weighted by Crippen LogP contribution is 2.46. The van der Waals surface area contributed by atoms with Crippen LogP contribution in [0.4, 0.5) is 0 Å². The van der Waals surface area contributed by atoms with Crippen molar-refractivity contribution < 1.29 is 88.2 Å². The van der Waals surface area contributed by atoms with Crippen LogP contribution in [-0.4, -0.2) is 153 Å². The third-order valence-corrected chi connectivity index (χ3v) is 23.7. The smallest absolute Gasteiger partial charge is 0.338 e. The van der Waals surface area contributed by atoms with E-state index >= 15 is 0 Å². The Morgan fingerprint density at radius 2 is 0.941 bits per heavy atom. The van der Waals surface area contributed by atoms with Gasteiger partial charge in [-0.1, -0.05) is 121 Å². The van der Waals surface area contributed by atoms with Gasteiger partial charge < -0.3 is 47.4 Å². The fourth-order valence-corrected chi connectivity index (χ4v) is 17.4. The summed E-state index contributed by atoms with van der Waals surface area (Å²) in [5, 5.41) is 0. The van der Waals surface area contributed by atoms with Gasteiger partial charge in [-0.2, -0.15) is 0 Å². The van der Waals surface area contributed by atoms with Crippen molar-refractivity contribution in [3.63, 3.8) is 0 Å². The molecule has 4 saturated heterocycles. The van der Waals surface area contributed by atoms with Crippen LogP contribution in [0.25, 0.3) is 0 Å². The second kappa shape index (κ2) is 37.4. The van der Waals surface area contributed by atoms with Crippen LogP contribution in [0.3, 0.4) is 0 Å². The molecule has 4 heterocycles. The fraction of sp³-hybridized carbons (Fsp3) is 0.593. The zero-order valence-corrected chi connectivity index (χ0v) is 63.8. The van der Waals surface area contributed by atoms with Crippen molar-refractivity contribution in [2.75, 3.05) is 51.6 Å². The second-order valence-electron chi connectivity index (χ2n) is 30.9. The third kappa shape index (κ3) is 24.0. The molecule has 0 saturated carbocycles. The first-order chi connectivity index (χ1) is 48.1. The first kappa shape index (κ1) is 82.7. The maximum atomic E-state index is 13.8.